The van der Waals surface area contributed by atoms with Gasteiger partial charge in [0.2, 0.25) is 0 Å². The number of hydrogen-bond donors (Lipinski definition) is 2. The maximum absolute atomic E-state index is 8.84. The summed E-state index contributed by atoms with van der Waals surface area (Å²) in [4.78, 5) is 0. The van der Waals surface area contributed by atoms with E-state index in [-0.39, 0.29) is 24.9 Å². The summed E-state index contributed by atoms with van der Waals surface area (Å²) in [6.45, 7) is 4.07. The van der Waals surface area contributed by atoms with Crippen molar-refractivity contribution in [1.82, 2.24) is 0 Å². The minimum Gasteiger partial charge on any atom is -0.394 e. The van der Waals surface area contributed by atoms with Crippen LogP contribution in [0, 0.1) is 12.3 Å². The van der Waals surface area contributed by atoms with Crippen LogP contribution in [-0.4, -0.2) is 30.0 Å². The predicted molar refractivity (Wildman–Crippen MR) is 42.9 cm³/mol. The molecule has 1 saturated heterocycles. The smallest absolute Gasteiger partial charge is 0.0962 e. The molecule has 2 unspecified atom stereocenters. The van der Waals surface area contributed by atoms with Crippen molar-refractivity contribution >= 4 is 0 Å². The highest BCUT2D eigenvalue weighted by Crippen LogP contribution is 2.22. The third kappa shape index (κ3) is 1.92. The Hall–Kier alpha value is -0.120. The minimum absolute atomic E-state index is 0.00866. The van der Waals surface area contributed by atoms with Crippen LogP contribution in [0.2, 0.25) is 0 Å². The van der Waals surface area contributed by atoms with Gasteiger partial charge in [0, 0.05) is 6.04 Å². The molecule has 0 spiro atoms. The summed E-state index contributed by atoms with van der Waals surface area (Å²) >= 11 is 0. The number of rotatable bonds is 1. The van der Waals surface area contributed by atoms with E-state index < -0.39 is 0 Å². The van der Waals surface area contributed by atoms with Crippen LogP contribution in [0.15, 0.2) is 0 Å². The van der Waals surface area contributed by atoms with Gasteiger partial charge in [0.1, 0.15) is 0 Å². The van der Waals surface area contributed by atoms with Crippen molar-refractivity contribution in [2.75, 3.05) is 6.61 Å². The lowest BCUT2D eigenvalue weighted by atomic mass is 9.91. The van der Waals surface area contributed by atoms with Crippen molar-refractivity contribution in [3.05, 3.63) is 6.42 Å². The Kier molecular flexibility index (Phi) is 2.87. The standard InChI is InChI=1S/C8H16NO2/c1-5-3-7(9)8(4-10)11-6(5)2/h3,5-8,10H,4,9H2,1-2H3/t5-,6?,7?,8-/m0/s1. The quantitative estimate of drug-likeness (QED) is 0.562. The Morgan fingerprint density at radius 1 is 1.55 bits per heavy atom. The van der Waals surface area contributed by atoms with E-state index >= 15 is 0 Å². The molecule has 0 aromatic heterocycles. The highest BCUT2D eigenvalue weighted by Gasteiger charge is 2.30. The van der Waals surface area contributed by atoms with Crippen molar-refractivity contribution in [1.29, 1.82) is 0 Å². The fourth-order valence-corrected chi connectivity index (χ4v) is 1.29. The molecule has 3 nitrogen and oxygen atoms in total. The van der Waals surface area contributed by atoms with E-state index in [0.29, 0.717) is 5.92 Å². The van der Waals surface area contributed by atoms with Crippen molar-refractivity contribution < 1.29 is 9.84 Å². The van der Waals surface area contributed by atoms with Gasteiger partial charge in [0.05, 0.1) is 18.8 Å². The summed E-state index contributed by atoms with van der Waals surface area (Å²) in [6.07, 6.45) is 2.00. The number of aliphatic hydroxyl groups excluding tert-OH is 1. The molecule has 1 rings (SSSR count). The minimum atomic E-state index is -0.207. The highest BCUT2D eigenvalue weighted by atomic mass is 16.5. The number of hydrogen-bond acceptors (Lipinski definition) is 3. The topological polar surface area (TPSA) is 55.5 Å². The molecular formula is C8H16NO2. The van der Waals surface area contributed by atoms with Crippen molar-refractivity contribution in [3.63, 3.8) is 0 Å². The van der Waals surface area contributed by atoms with E-state index in [0.717, 1.165) is 0 Å². The fraction of sp³-hybridized carbons (Fsp3) is 0.875. The molecule has 1 heterocycles. The Balaban J connectivity index is 2.48. The van der Waals surface area contributed by atoms with E-state index in [4.69, 9.17) is 15.6 Å². The lowest BCUT2D eigenvalue weighted by molar-refractivity contribution is -0.0786. The van der Waals surface area contributed by atoms with Crippen LogP contribution in [0.25, 0.3) is 0 Å². The van der Waals surface area contributed by atoms with Crippen LogP contribution in [0.1, 0.15) is 13.8 Å². The van der Waals surface area contributed by atoms with Gasteiger partial charge < -0.3 is 15.6 Å². The molecule has 4 atom stereocenters. The second-order valence-corrected chi connectivity index (χ2v) is 3.19. The zero-order valence-electron chi connectivity index (χ0n) is 7.03. The first-order valence-corrected chi connectivity index (χ1v) is 4.02. The third-order valence-electron chi connectivity index (χ3n) is 2.26. The second-order valence-electron chi connectivity index (χ2n) is 3.19. The molecule has 65 valence electrons. The van der Waals surface area contributed by atoms with Crippen molar-refractivity contribution in [3.8, 4) is 0 Å². The molecule has 0 aliphatic carbocycles. The monoisotopic (exact) mass is 158 g/mol. The first-order valence-electron chi connectivity index (χ1n) is 4.02. The number of nitrogens with two attached hydrogens (primary N) is 1. The largest absolute Gasteiger partial charge is 0.394 e. The first kappa shape index (κ1) is 8.97. The molecule has 0 bridgehead atoms. The van der Waals surface area contributed by atoms with Gasteiger partial charge >= 0.3 is 0 Å². The summed E-state index contributed by atoms with van der Waals surface area (Å²) in [7, 11) is 0. The molecule has 0 aromatic carbocycles. The third-order valence-corrected chi connectivity index (χ3v) is 2.26. The van der Waals surface area contributed by atoms with Crippen LogP contribution in [0.5, 0.6) is 0 Å². The molecule has 1 aliphatic rings. The van der Waals surface area contributed by atoms with Gasteiger partial charge in [-0.3, -0.25) is 0 Å². The van der Waals surface area contributed by atoms with Crippen molar-refractivity contribution in [2.45, 2.75) is 32.1 Å². The Labute approximate surface area is 67.5 Å². The van der Waals surface area contributed by atoms with Crippen LogP contribution >= 0.6 is 0 Å². The summed E-state index contributed by atoms with van der Waals surface area (Å²) < 4.78 is 5.45. The zero-order valence-corrected chi connectivity index (χ0v) is 7.03. The molecule has 3 heteroatoms. The van der Waals surface area contributed by atoms with Gasteiger partial charge in [-0.1, -0.05) is 6.92 Å². The summed E-state index contributed by atoms with van der Waals surface area (Å²) in [5, 5.41) is 8.84. The van der Waals surface area contributed by atoms with Crippen LogP contribution in [-0.2, 0) is 4.74 Å². The lowest BCUT2D eigenvalue weighted by Gasteiger charge is -2.36. The van der Waals surface area contributed by atoms with E-state index in [1.165, 1.54) is 0 Å². The average molecular weight is 158 g/mol. The maximum Gasteiger partial charge on any atom is 0.0962 e. The molecule has 0 aromatic rings. The van der Waals surface area contributed by atoms with Crippen LogP contribution in [0.3, 0.4) is 0 Å². The Morgan fingerprint density at radius 2 is 2.18 bits per heavy atom. The van der Waals surface area contributed by atoms with E-state index in [1.54, 1.807) is 0 Å². The normalized spacial score (nSPS) is 45.8. The van der Waals surface area contributed by atoms with Gasteiger partial charge in [-0.05, 0) is 19.3 Å². The van der Waals surface area contributed by atoms with Gasteiger partial charge in [-0.15, -0.1) is 0 Å². The van der Waals surface area contributed by atoms with Gasteiger partial charge in [0.25, 0.3) is 0 Å². The molecule has 1 fully saturated rings. The second kappa shape index (κ2) is 3.52. The number of ether oxygens (including phenoxy) is 1. The summed E-state index contributed by atoms with van der Waals surface area (Å²) in [6, 6.07) is -0.119. The van der Waals surface area contributed by atoms with Gasteiger partial charge in [-0.2, -0.15) is 0 Å². The molecule has 0 saturated carbocycles. The predicted octanol–water partition coefficient (Wildman–Crippen LogP) is -0.0663. The van der Waals surface area contributed by atoms with E-state index in [9.17, 15) is 0 Å². The molecule has 0 amide bonds. The van der Waals surface area contributed by atoms with Gasteiger partial charge in [-0.25, -0.2) is 0 Å². The molecule has 1 radical (unpaired) electrons. The molecule has 1 aliphatic heterocycles. The Morgan fingerprint density at radius 3 is 2.73 bits per heavy atom. The molecule has 3 N–H and O–H groups in total. The van der Waals surface area contributed by atoms with Crippen LogP contribution in [0.4, 0.5) is 0 Å². The molecule has 11 heavy (non-hydrogen) atoms. The van der Waals surface area contributed by atoms with E-state index in [1.807, 2.05) is 13.3 Å². The maximum atomic E-state index is 8.84. The van der Waals surface area contributed by atoms with Gasteiger partial charge in [0.15, 0.2) is 0 Å². The Bertz CT molecular complexity index is 129. The summed E-state index contributed by atoms with van der Waals surface area (Å²) in [5.74, 6) is 0.382. The first-order chi connectivity index (χ1) is 5.15. The number of aliphatic hydroxyl groups is 1. The SMILES string of the molecule is CC1O[C@@H](CO)C(N)[CH][C@@H]1C. The zero-order chi connectivity index (χ0) is 8.43. The van der Waals surface area contributed by atoms with Crippen LogP contribution < -0.4 is 5.73 Å². The highest BCUT2D eigenvalue weighted by molar-refractivity contribution is 4.96. The summed E-state index contributed by atoms with van der Waals surface area (Å²) in [5.41, 5.74) is 5.70. The van der Waals surface area contributed by atoms with Crippen molar-refractivity contribution in [2.24, 2.45) is 11.7 Å². The average Bonchev–Trinajstić information content (AvgIpc) is 1.97. The molecular weight excluding hydrogens is 142 g/mol. The van der Waals surface area contributed by atoms with E-state index in [2.05, 4.69) is 6.92 Å². The fourth-order valence-electron chi connectivity index (χ4n) is 1.29. The lowest BCUT2D eigenvalue weighted by Crippen LogP contribution is -2.49.